The lowest BCUT2D eigenvalue weighted by Crippen LogP contribution is -2.39. The van der Waals surface area contributed by atoms with Crippen molar-refractivity contribution in [2.24, 2.45) is 0 Å². The molecule has 4 rings (SSSR count). The molecule has 21 heavy (non-hydrogen) atoms. The summed E-state index contributed by atoms with van der Waals surface area (Å²) in [6.07, 6.45) is 4.68. The van der Waals surface area contributed by atoms with E-state index < -0.39 is 0 Å². The molecule has 3 aliphatic rings. The second-order valence-electron chi connectivity index (χ2n) is 6.49. The predicted molar refractivity (Wildman–Crippen MR) is 83.8 cm³/mol. The first-order valence-electron chi connectivity index (χ1n) is 8.21. The van der Waals surface area contributed by atoms with Crippen LogP contribution in [0.15, 0.2) is 18.2 Å². The Hall–Kier alpha value is -1.55. The number of carbonyl (C=O) groups is 1. The molecular formula is C17H23N3O. The van der Waals surface area contributed by atoms with Crippen molar-refractivity contribution in [3.8, 4) is 0 Å². The Morgan fingerprint density at radius 2 is 2.10 bits per heavy atom. The Labute approximate surface area is 126 Å². The van der Waals surface area contributed by atoms with Crippen LogP contribution in [0, 0.1) is 0 Å². The molecule has 1 unspecified atom stereocenters. The molecule has 0 saturated carbocycles. The minimum atomic E-state index is 0.221. The van der Waals surface area contributed by atoms with Crippen LogP contribution in [-0.2, 0) is 6.42 Å². The van der Waals surface area contributed by atoms with Crippen molar-refractivity contribution < 1.29 is 4.79 Å². The van der Waals surface area contributed by atoms with Gasteiger partial charge in [-0.2, -0.15) is 0 Å². The zero-order valence-corrected chi connectivity index (χ0v) is 12.5. The maximum Gasteiger partial charge on any atom is 0.253 e. The number of hydrogen-bond donors (Lipinski definition) is 1. The fourth-order valence-electron chi connectivity index (χ4n) is 4.01. The van der Waals surface area contributed by atoms with Gasteiger partial charge < -0.3 is 10.2 Å². The van der Waals surface area contributed by atoms with Crippen molar-refractivity contribution >= 4 is 11.6 Å². The summed E-state index contributed by atoms with van der Waals surface area (Å²) in [6.45, 7) is 5.18. The van der Waals surface area contributed by atoms with E-state index in [-0.39, 0.29) is 5.91 Å². The number of rotatable bonds is 1. The molecule has 0 aliphatic carbocycles. The van der Waals surface area contributed by atoms with Crippen LogP contribution in [0.2, 0.25) is 0 Å². The van der Waals surface area contributed by atoms with E-state index in [2.05, 4.69) is 27.2 Å². The molecule has 0 aromatic heterocycles. The molecule has 1 aromatic carbocycles. The second-order valence-corrected chi connectivity index (χ2v) is 6.49. The van der Waals surface area contributed by atoms with Crippen LogP contribution < -0.4 is 5.32 Å². The van der Waals surface area contributed by atoms with Gasteiger partial charge in [0, 0.05) is 43.5 Å². The lowest BCUT2D eigenvalue weighted by atomic mass is 10.1. The third kappa shape index (κ3) is 2.42. The van der Waals surface area contributed by atoms with Gasteiger partial charge in [-0.05, 0) is 56.0 Å². The zero-order chi connectivity index (χ0) is 14.2. The monoisotopic (exact) mass is 285 g/mol. The maximum absolute atomic E-state index is 12.8. The van der Waals surface area contributed by atoms with E-state index in [0.717, 1.165) is 44.6 Å². The van der Waals surface area contributed by atoms with E-state index in [0.29, 0.717) is 6.04 Å². The molecule has 3 aliphatic heterocycles. The molecule has 0 spiro atoms. The lowest BCUT2D eigenvalue weighted by Gasteiger charge is -2.26. The fraction of sp³-hybridized carbons (Fsp3) is 0.588. The summed E-state index contributed by atoms with van der Waals surface area (Å²) in [5.74, 6) is 0.221. The third-order valence-electron chi connectivity index (χ3n) is 5.15. The van der Waals surface area contributed by atoms with E-state index >= 15 is 0 Å². The summed E-state index contributed by atoms with van der Waals surface area (Å²) in [7, 11) is 0. The largest absolute Gasteiger partial charge is 0.384 e. The fourth-order valence-corrected chi connectivity index (χ4v) is 4.01. The molecule has 1 atom stereocenters. The maximum atomic E-state index is 12.8. The van der Waals surface area contributed by atoms with Gasteiger partial charge in [-0.15, -0.1) is 0 Å². The van der Waals surface area contributed by atoms with Crippen LogP contribution >= 0.6 is 0 Å². The minimum Gasteiger partial charge on any atom is -0.384 e. The van der Waals surface area contributed by atoms with E-state index in [9.17, 15) is 4.79 Å². The number of nitrogens with zero attached hydrogens (tertiary/aromatic N) is 2. The molecule has 0 bridgehead atoms. The number of carbonyl (C=O) groups excluding carboxylic acids is 1. The smallest absolute Gasteiger partial charge is 0.253 e. The Bertz CT molecular complexity index is 557. The highest BCUT2D eigenvalue weighted by Crippen LogP contribution is 2.25. The highest BCUT2D eigenvalue weighted by atomic mass is 16.2. The first-order valence-corrected chi connectivity index (χ1v) is 8.21. The van der Waals surface area contributed by atoms with Gasteiger partial charge in [0.1, 0.15) is 0 Å². The van der Waals surface area contributed by atoms with Crippen molar-refractivity contribution in [1.29, 1.82) is 0 Å². The predicted octanol–water partition coefficient (Wildman–Crippen LogP) is 1.96. The average molecular weight is 285 g/mol. The van der Waals surface area contributed by atoms with E-state index in [1.807, 2.05) is 6.07 Å². The zero-order valence-electron chi connectivity index (χ0n) is 12.5. The van der Waals surface area contributed by atoms with Crippen molar-refractivity contribution in [2.75, 3.05) is 38.0 Å². The van der Waals surface area contributed by atoms with Crippen molar-refractivity contribution in [1.82, 2.24) is 9.80 Å². The first kappa shape index (κ1) is 13.1. The highest BCUT2D eigenvalue weighted by molar-refractivity contribution is 5.95. The van der Waals surface area contributed by atoms with Crippen LogP contribution in [0.4, 0.5) is 5.69 Å². The summed E-state index contributed by atoms with van der Waals surface area (Å²) >= 11 is 0. The molecule has 1 N–H and O–H groups in total. The SMILES string of the molecule is O=C(c1ccc2c(c1)CCN2)N1CCCN2CCCC2C1. The van der Waals surface area contributed by atoms with Crippen LogP contribution in [-0.4, -0.2) is 54.5 Å². The number of hydrogen-bond acceptors (Lipinski definition) is 3. The van der Waals surface area contributed by atoms with Crippen LogP contribution in [0.3, 0.4) is 0 Å². The van der Waals surface area contributed by atoms with Gasteiger partial charge in [-0.1, -0.05) is 0 Å². The summed E-state index contributed by atoms with van der Waals surface area (Å²) in [5, 5.41) is 3.35. The quantitative estimate of drug-likeness (QED) is 0.857. The summed E-state index contributed by atoms with van der Waals surface area (Å²) < 4.78 is 0. The summed E-state index contributed by atoms with van der Waals surface area (Å²) in [6, 6.07) is 6.73. The number of benzene rings is 1. The molecule has 2 fully saturated rings. The molecule has 4 nitrogen and oxygen atoms in total. The highest BCUT2D eigenvalue weighted by Gasteiger charge is 2.31. The first-order chi connectivity index (χ1) is 10.3. The van der Waals surface area contributed by atoms with Gasteiger partial charge in [-0.3, -0.25) is 9.69 Å². The average Bonchev–Trinajstić information content (AvgIpc) is 3.10. The lowest BCUT2D eigenvalue weighted by molar-refractivity contribution is 0.0743. The number of amides is 1. The van der Waals surface area contributed by atoms with Gasteiger partial charge in [0.05, 0.1) is 0 Å². The number of nitrogens with one attached hydrogen (secondary N) is 1. The van der Waals surface area contributed by atoms with Gasteiger partial charge in [0.15, 0.2) is 0 Å². The molecule has 1 aromatic rings. The minimum absolute atomic E-state index is 0.221. The van der Waals surface area contributed by atoms with Crippen LogP contribution in [0.25, 0.3) is 0 Å². The second kappa shape index (κ2) is 5.34. The Kier molecular flexibility index (Phi) is 3.34. The standard InChI is InChI=1S/C17H23N3O/c21-17(14-4-5-16-13(11-14)6-7-18-16)20-10-2-9-19-8-1-3-15(19)12-20/h4-5,11,15,18H,1-3,6-10,12H2. The Balaban J connectivity index is 1.53. The number of anilines is 1. The molecule has 3 heterocycles. The molecular weight excluding hydrogens is 262 g/mol. The molecule has 0 radical (unpaired) electrons. The van der Waals surface area contributed by atoms with Crippen molar-refractivity contribution in [3.63, 3.8) is 0 Å². The van der Waals surface area contributed by atoms with Gasteiger partial charge in [0.25, 0.3) is 5.91 Å². The van der Waals surface area contributed by atoms with Gasteiger partial charge in [-0.25, -0.2) is 0 Å². The van der Waals surface area contributed by atoms with E-state index in [4.69, 9.17) is 0 Å². The topological polar surface area (TPSA) is 35.6 Å². The summed E-state index contributed by atoms with van der Waals surface area (Å²) in [5.41, 5.74) is 3.35. The third-order valence-corrected chi connectivity index (χ3v) is 5.15. The van der Waals surface area contributed by atoms with E-state index in [1.165, 1.54) is 30.6 Å². The van der Waals surface area contributed by atoms with Crippen molar-refractivity contribution in [3.05, 3.63) is 29.3 Å². The van der Waals surface area contributed by atoms with Gasteiger partial charge in [0.2, 0.25) is 0 Å². The van der Waals surface area contributed by atoms with Crippen LogP contribution in [0.5, 0.6) is 0 Å². The van der Waals surface area contributed by atoms with Gasteiger partial charge >= 0.3 is 0 Å². The van der Waals surface area contributed by atoms with Crippen LogP contribution in [0.1, 0.15) is 35.2 Å². The number of fused-ring (bicyclic) bond motifs is 2. The normalized spacial score (nSPS) is 25.1. The summed E-state index contributed by atoms with van der Waals surface area (Å²) in [4.78, 5) is 17.5. The van der Waals surface area contributed by atoms with Crippen molar-refractivity contribution in [2.45, 2.75) is 31.7 Å². The molecule has 4 heteroatoms. The molecule has 2 saturated heterocycles. The Morgan fingerprint density at radius 3 is 3.05 bits per heavy atom. The Morgan fingerprint density at radius 1 is 1.19 bits per heavy atom. The van der Waals surface area contributed by atoms with E-state index in [1.54, 1.807) is 0 Å². The molecule has 1 amide bonds. The molecule has 112 valence electrons.